The lowest BCUT2D eigenvalue weighted by Gasteiger charge is -2.28. The van der Waals surface area contributed by atoms with Crippen LogP contribution in [0.25, 0.3) is 0 Å². The lowest BCUT2D eigenvalue weighted by molar-refractivity contribution is -0.133. The van der Waals surface area contributed by atoms with Gasteiger partial charge in [0.2, 0.25) is 5.91 Å². The second-order valence-corrected chi connectivity index (χ2v) is 7.82. The lowest BCUT2D eigenvalue weighted by Crippen LogP contribution is -2.46. The van der Waals surface area contributed by atoms with Crippen LogP contribution < -0.4 is 19.7 Å². The van der Waals surface area contributed by atoms with E-state index in [0.29, 0.717) is 28.3 Å². The topological polar surface area (TPSA) is 88.2 Å². The molecule has 0 aliphatic carbocycles. The normalized spacial score (nSPS) is 14.5. The number of nitrogens with one attached hydrogen (secondary N) is 1. The summed E-state index contributed by atoms with van der Waals surface area (Å²) < 4.78 is 10.5. The molecule has 0 bridgehead atoms. The molecule has 1 aliphatic rings. The molecule has 1 aliphatic heterocycles. The number of carbonyl (C=O) groups excluding carboxylic acids is 3. The number of amides is 4. The van der Waals surface area contributed by atoms with E-state index in [0.717, 1.165) is 4.90 Å². The number of methoxy groups -OCH3 is 2. The van der Waals surface area contributed by atoms with E-state index in [2.05, 4.69) is 5.32 Å². The summed E-state index contributed by atoms with van der Waals surface area (Å²) >= 11 is 0. The highest BCUT2D eigenvalue weighted by molar-refractivity contribution is 6.12. The SMILES string of the molecule is COc1ccc(C2(c3ccc(OC)cc3)NC(=O)N(CC(=O)N(C)c3ccccc3)C2=O)cc1. The first-order valence-electron chi connectivity index (χ1n) is 10.7. The van der Waals surface area contributed by atoms with Crippen LogP contribution in [-0.2, 0) is 15.1 Å². The van der Waals surface area contributed by atoms with E-state index in [1.807, 2.05) is 18.2 Å². The summed E-state index contributed by atoms with van der Waals surface area (Å²) in [6.45, 7) is -0.399. The first kappa shape index (κ1) is 22.8. The van der Waals surface area contributed by atoms with E-state index < -0.39 is 29.9 Å². The second kappa shape index (κ2) is 9.27. The van der Waals surface area contributed by atoms with Crippen LogP contribution in [0.1, 0.15) is 11.1 Å². The number of imide groups is 1. The summed E-state index contributed by atoms with van der Waals surface area (Å²) in [5, 5.41) is 2.84. The molecule has 0 unspecified atom stereocenters. The molecule has 0 spiro atoms. The first-order chi connectivity index (χ1) is 16.4. The average molecular weight is 460 g/mol. The molecule has 4 amide bonds. The molecule has 34 heavy (non-hydrogen) atoms. The van der Waals surface area contributed by atoms with Crippen LogP contribution in [0.3, 0.4) is 0 Å². The van der Waals surface area contributed by atoms with Gasteiger partial charge in [-0.05, 0) is 47.5 Å². The third kappa shape index (κ3) is 3.94. The Kier molecular flexibility index (Phi) is 6.23. The number of hydrogen-bond donors (Lipinski definition) is 1. The van der Waals surface area contributed by atoms with Crippen molar-refractivity contribution in [2.75, 3.05) is 32.7 Å². The van der Waals surface area contributed by atoms with Gasteiger partial charge in [-0.25, -0.2) is 4.79 Å². The molecule has 0 aromatic heterocycles. The van der Waals surface area contributed by atoms with Gasteiger partial charge in [0.1, 0.15) is 18.0 Å². The molecule has 8 heteroatoms. The van der Waals surface area contributed by atoms with Gasteiger partial charge in [-0.2, -0.15) is 0 Å². The van der Waals surface area contributed by atoms with Crippen molar-refractivity contribution in [3.8, 4) is 11.5 Å². The monoisotopic (exact) mass is 459 g/mol. The van der Waals surface area contributed by atoms with E-state index in [1.54, 1.807) is 81.9 Å². The number of rotatable bonds is 7. The smallest absolute Gasteiger partial charge is 0.326 e. The molecular weight excluding hydrogens is 434 g/mol. The number of para-hydroxylation sites is 1. The minimum atomic E-state index is -1.50. The van der Waals surface area contributed by atoms with Crippen LogP contribution in [0.15, 0.2) is 78.9 Å². The maximum absolute atomic E-state index is 13.9. The Morgan fingerprint density at radius 2 is 1.35 bits per heavy atom. The standard InChI is InChI=1S/C26H25N3O5/c1-28(20-7-5-4-6-8-20)23(30)17-29-24(31)26(27-25(29)32,18-9-13-21(33-2)14-10-18)19-11-15-22(34-3)16-12-19/h4-16H,17H2,1-3H3,(H,27,32). The van der Waals surface area contributed by atoms with E-state index in [-0.39, 0.29) is 0 Å². The summed E-state index contributed by atoms with van der Waals surface area (Å²) in [6.07, 6.45) is 0. The molecule has 1 N–H and O–H groups in total. The van der Waals surface area contributed by atoms with Gasteiger partial charge in [-0.1, -0.05) is 42.5 Å². The highest BCUT2D eigenvalue weighted by Crippen LogP contribution is 2.37. The number of benzene rings is 3. The van der Waals surface area contributed by atoms with Gasteiger partial charge in [-0.3, -0.25) is 14.5 Å². The highest BCUT2D eigenvalue weighted by atomic mass is 16.5. The van der Waals surface area contributed by atoms with Crippen molar-refractivity contribution in [1.29, 1.82) is 0 Å². The van der Waals surface area contributed by atoms with Crippen LogP contribution >= 0.6 is 0 Å². The Morgan fingerprint density at radius 1 is 0.853 bits per heavy atom. The number of nitrogens with zero attached hydrogens (tertiary/aromatic N) is 2. The Morgan fingerprint density at radius 3 is 1.82 bits per heavy atom. The van der Waals surface area contributed by atoms with Crippen molar-refractivity contribution < 1.29 is 23.9 Å². The molecule has 0 atom stereocenters. The van der Waals surface area contributed by atoms with Crippen LogP contribution in [0.5, 0.6) is 11.5 Å². The predicted octanol–water partition coefficient (Wildman–Crippen LogP) is 3.16. The van der Waals surface area contributed by atoms with Crippen molar-refractivity contribution in [3.05, 3.63) is 90.0 Å². The van der Waals surface area contributed by atoms with Crippen molar-refractivity contribution in [1.82, 2.24) is 10.2 Å². The van der Waals surface area contributed by atoms with Gasteiger partial charge < -0.3 is 19.7 Å². The third-order valence-electron chi connectivity index (χ3n) is 5.96. The Balaban J connectivity index is 1.71. The number of urea groups is 1. The minimum absolute atomic E-state index is 0.394. The average Bonchev–Trinajstić information content (AvgIpc) is 3.14. The van der Waals surface area contributed by atoms with Gasteiger partial charge in [0, 0.05) is 12.7 Å². The molecule has 3 aromatic carbocycles. The molecule has 174 valence electrons. The number of ether oxygens (including phenoxy) is 2. The molecule has 8 nitrogen and oxygen atoms in total. The van der Waals surface area contributed by atoms with Crippen molar-refractivity contribution >= 4 is 23.5 Å². The molecule has 3 aromatic rings. The van der Waals surface area contributed by atoms with Gasteiger partial charge in [0.15, 0.2) is 5.54 Å². The summed E-state index contributed by atoms with van der Waals surface area (Å²) in [5.74, 6) is 0.293. The van der Waals surface area contributed by atoms with E-state index in [9.17, 15) is 14.4 Å². The molecule has 0 saturated carbocycles. The highest BCUT2D eigenvalue weighted by Gasteiger charge is 2.54. The van der Waals surface area contributed by atoms with Crippen LogP contribution in [0.2, 0.25) is 0 Å². The van der Waals surface area contributed by atoms with Crippen molar-refractivity contribution in [2.45, 2.75) is 5.54 Å². The molecule has 1 saturated heterocycles. The zero-order valence-electron chi connectivity index (χ0n) is 19.1. The Bertz CT molecular complexity index is 1150. The largest absolute Gasteiger partial charge is 0.497 e. The van der Waals surface area contributed by atoms with Crippen LogP contribution in [0.4, 0.5) is 10.5 Å². The maximum atomic E-state index is 13.9. The second-order valence-electron chi connectivity index (χ2n) is 7.82. The summed E-state index contributed by atoms with van der Waals surface area (Å²) in [5.41, 5.74) is 0.254. The van der Waals surface area contributed by atoms with Crippen molar-refractivity contribution in [2.24, 2.45) is 0 Å². The number of likely N-dealkylation sites (N-methyl/N-ethyl adjacent to an activating group) is 1. The first-order valence-corrected chi connectivity index (χ1v) is 10.7. The number of carbonyl (C=O) groups is 3. The molecular formula is C26H25N3O5. The van der Waals surface area contributed by atoms with Crippen LogP contribution in [0, 0.1) is 0 Å². The van der Waals surface area contributed by atoms with E-state index >= 15 is 0 Å². The number of anilines is 1. The van der Waals surface area contributed by atoms with Gasteiger partial charge in [-0.15, -0.1) is 0 Å². The molecule has 4 rings (SSSR count). The Labute approximate surface area is 197 Å². The molecule has 1 heterocycles. The van der Waals surface area contributed by atoms with Gasteiger partial charge in [0.05, 0.1) is 14.2 Å². The summed E-state index contributed by atoms with van der Waals surface area (Å²) in [6, 6.07) is 22.2. The Hall–Kier alpha value is -4.33. The summed E-state index contributed by atoms with van der Waals surface area (Å²) in [7, 11) is 4.71. The fourth-order valence-electron chi connectivity index (χ4n) is 4.00. The van der Waals surface area contributed by atoms with Crippen molar-refractivity contribution in [3.63, 3.8) is 0 Å². The van der Waals surface area contributed by atoms with Gasteiger partial charge in [0.25, 0.3) is 5.91 Å². The minimum Gasteiger partial charge on any atom is -0.497 e. The third-order valence-corrected chi connectivity index (χ3v) is 5.96. The zero-order chi connectivity index (χ0) is 24.3. The van der Waals surface area contributed by atoms with Crippen LogP contribution in [-0.4, -0.2) is 50.6 Å². The summed E-state index contributed by atoms with van der Waals surface area (Å²) in [4.78, 5) is 42.2. The van der Waals surface area contributed by atoms with E-state index in [1.165, 1.54) is 4.90 Å². The van der Waals surface area contributed by atoms with Gasteiger partial charge >= 0.3 is 6.03 Å². The zero-order valence-corrected chi connectivity index (χ0v) is 19.1. The van der Waals surface area contributed by atoms with E-state index in [4.69, 9.17) is 9.47 Å². The maximum Gasteiger partial charge on any atom is 0.326 e. The number of hydrogen-bond acceptors (Lipinski definition) is 5. The lowest BCUT2D eigenvalue weighted by atomic mass is 9.82. The fourth-order valence-corrected chi connectivity index (χ4v) is 4.00. The fraction of sp³-hybridized carbons (Fsp3) is 0.192. The predicted molar refractivity (Wildman–Crippen MR) is 127 cm³/mol. The molecule has 1 fully saturated rings. The quantitative estimate of drug-likeness (QED) is 0.549. The molecule has 0 radical (unpaired) electrons.